The second-order valence-electron chi connectivity index (χ2n) is 9.23. The van der Waals surface area contributed by atoms with Crippen molar-refractivity contribution in [1.29, 1.82) is 0 Å². The van der Waals surface area contributed by atoms with Gasteiger partial charge in [-0.25, -0.2) is 28.9 Å². The third kappa shape index (κ3) is 6.52. The highest BCUT2D eigenvalue weighted by molar-refractivity contribution is 7.47. The molecule has 2 aliphatic heterocycles. The summed E-state index contributed by atoms with van der Waals surface area (Å²) in [6, 6.07) is 1.29. The summed E-state index contributed by atoms with van der Waals surface area (Å²) >= 11 is 0. The molecule has 0 aliphatic carbocycles. The van der Waals surface area contributed by atoms with Gasteiger partial charge in [-0.3, -0.25) is 22.7 Å². The van der Waals surface area contributed by atoms with Crippen molar-refractivity contribution in [2.24, 2.45) is 0 Å². The van der Waals surface area contributed by atoms with Crippen molar-refractivity contribution >= 4 is 38.4 Å². The highest BCUT2D eigenvalue weighted by atomic mass is 31.2. The van der Waals surface area contributed by atoms with E-state index in [1.54, 1.807) is 0 Å². The van der Waals surface area contributed by atoms with Gasteiger partial charge in [-0.15, -0.1) is 0 Å². The van der Waals surface area contributed by atoms with Crippen LogP contribution >= 0.6 is 15.6 Å². The minimum atomic E-state index is -4.99. The quantitative estimate of drug-likeness (QED) is 0.116. The molecule has 2 fully saturated rings. The number of aliphatic hydroxyl groups is 2. The Balaban J connectivity index is 1.26. The molecule has 8 unspecified atom stereocenters. The fraction of sp³-hybridized carbons (Fsp3) is 0.526. The first-order valence-electron chi connectivity index (χ1n) is 12.0. The van der Waals surface area contributed by atoms with E-state index < -0.39 is 77.5 Å². The lowest BCUT2D eigenvalue weighted by Crippen LogP contribution is -2.34. The summed E-state index contributed by atoms with van der Waals surface area (Å²) in [6.45, 7) is -1.53. The van der Waals surface area contributed by atoms with Gasteiger partial charge in [-0.1, -0.05) is 0 Å². The van der Waals surface area contributed by atoms with Gasteiger partial charge in [0.05, 0.1) is 19.5 Å². The van der Waals surface area contributed by atoms with Gasteiger partial charge < -0.3 is 45.8 Å². The summed E-state index contributed by atoms with van der Waals surface area (Å²) in [5, 5.41) is 21.1. The van der Waals surface area contributed by atoms with E-state index in [-0.39, 0.29) is 29.2 Å². The Bertz CT molecular complexity index is 1600. The Labute approximate surface area is 234 Å². The molecule has 3 aromatic rings. The van der Waals surface area contributed by atoms with Crippen LogP contribution in [0.15, 0.2) is 29.7 Å². The van der Waals surface area contributed by atoms with Crippen LogP contribution in [-0.2, 0) is 32.2 Å². The van der Waals surface area contributed by atoms with Gasteiger partial charge in [-0.05, 0) is 6.07 Å². The Morgan fingerprint density at radius 1 is 1.00 bits per heavy atom. The lowest BCUT2D eigenvalue weighted by atomic mass is 10.1. The van der Waals surface area contributed by atoms with Gasteiger partial charge in [0.1, 0.15) is 54.4 Å². The first-order chi connectivity index (χ1) is 19.7. The van der Waals surface area contributed by atoms with Crippen LogP contribution in [0, 0.1) is 0 Å². The number of nitrogens with zero attached hydrogens (tertiary/aromatic N) is 6. The minimum absolute atomic E-state index is 0.0704. The number of phosphoric acid groups is 2. The zero-order chi connectivity index (χ0) is 30.4. The highest BCUT2D eigenvalue weighted by Crippen LogP contribution is 2.49. The molecule has 8 atom stereocenters. The van der Waals surface area contributed by atoms with E-state index in [1.165, 1.54) is 29.5 Å². The van der Waals surface area contributed by atoms with Crippen molar-refractivity contribution in [3.05, 3.63) is 35.4 Å². The molecule has 9 N–H and O–H groups in total. The second kappa shape index (κ2) is 11.6. The van der Waals surface area contributed by atoms with Gasteiger partial charge in [0.2, 0.25) is 0 Å². The van der Waals surface area contributed by atoms with E-state index >= 15 is 0 Å². The van der Waals surface area contributed by atoms with E-state index in [0.717, 1.165) is 4.57 Å². The molecule has 0 radical (unpaired) electrons. The summed E-state index contributed by atoms with van der Waals surface area (Å²) in [4.78, 5) is 56.3. The van der Waals surface area contributed by atoms with Gasteiger partial charge in [0, 0.05) is 12.6 Å². The van der Waals surface area contributed by atoms with Crippen molar-refractivity contribution in [1.82, 2.24) is 29.1 Å². The van der Waals surface area contributed by atoms with Crippen LogP contribution in [0.2, 0.25) is 0 Å². The molecule has 230 valence electrons. The molecule has 42 heavy (non-hydrogen) atoms. The number of nitrogens with two attached hydrogens (primary N) is 2. The van der Waals surface area contributed by atoms with Crippen molar-refractivity contribution in [2.45, 2.75) is 49.4 Å². The van der Waals surface area contributed by atoms with E-state index in [1.807, 2.05) is 0 Å². The minimum Gasteiger partial charge on any atom is -0.387 e. The maximum Gasteiger partial charge on any atom is 0.472 e. The second-order valence-corrected chi connectivity index (χ2v) is 11.9. The van der Waals surface area contributed by atoms with Crippen LogP contribution in [0.5, 0.6) is 0 Å². The number of phosphoric ester groups is 2. The third-order valence-electron chi connectivity index (χ3n) is 6.42. The molecule has 0 bridgehead atoms. The van der Waals surface area contributed by atoms with Crippen LogP contribution < -0.4 is 17.2 Å². The van der Waals surface area contributed by atoms with E-state index in [2.05, 4.69) is 24.5 Å². The average Bonchev–Trinajstić information content (AvgIpc) is 3.58. The monoisotopic (exact) mass is 636 g/mol. The van der Waals surface area contributed by atoms with Crippen LogP contribution in [0.1, 0.15) is 18.9 Å². The summed E-state index contributed by atoms with van der Waals surface area (Å²) in [7, 11) is -9.96. The largest absolute Gasteiger partial charge is 0.472 e. The fourth-order valence-corrected chi connectivity index (χ4v) is 5.77. The zero-order valence-electron chi connectivity index (χ0n) is 21.2. The number of hydrogen-bond donors (Lipinski definition) is 7. The summed E-state index contributed by atoms with van der Waals surface area (Å²) in [6.07, 6.45) is -6.12. The molecule has 3 aromatic heterocycles. The molecule has 0 aromatic carbocycles. The standard InChI is InChI=1S/C19H26N8O13P2/c20-11-1-2-26(19(30)25-11)12-3-8(9(38-12)4-36-41(31,32)33)40-42(34,35)37-5-10-14(28)15(29)18(39-10)27-7-24-13-16(21)22-6-23-17(13)27/h1-2,6-10,12,14-15,18,28-29H,3-5H2,(H,34,35)(H2,20,25,30)(H2,21,22,23)(H2,31,32,33). The number of hydrogen-bond acceptors (Lipinski definition) is 16. The topological polar surface area (TPSA) is 312 Å². The Hall–Kier alpha value is -2.91. The van der Waals surface area contributed by atoms with Crippen LogP contribution in [0.4, 0.5) is 11.6 Å². The number of imidazole rings is 1. The molecule has 5 rings (SSSR count). The van der Waals surface area contributed by atoms with Crippen molar-refractivity contribution < 1.29 is 57.1 Å². The molecule has 0 amide bonds. The number of aliphatic hydroxyl groups excluding tert-OH is 2. The van der Waals surface area contributed by atoms with E-state index in [9.17, 15) is 29.0 Å². The zero-order valence-corrected chi connectivity index (χ0v) is 23.0. The Morgan fingerprint density at radius 3 is 2.45 bits per heavy atom. The molecule has 5 heterocycles. The normalized spacial score (nSPS) is 29.7. The smallest absolute Gasteiger partial charge is 0.387 e. The maximum atomic E-state index is 12.9. The molecule has 23 heteroatoms. The molecule has 0 spiro atoms. The molecule has 2 saturated heterocycles. The van der Waals surface area contributed by atoms with Gasteiger partial charge in [0.15, 0.2) is 17.7 Å². The predicted octanol–water partition coefficient (Wildman–Crippen LogP) is -2.23. The van der Waals surface area contributed by atoms with Gasteiger partial charge in [0.25, 0.3) is 0 Å². The van der Waals surface area contributed by atoms with E-state index in [0.29, 0.717) is 0 Å². The summed E-state index contributed by atoms with van der Waals surface area (Å²) in [5.41, 5.74) is 10.9. The molecule has 0 saturated carbocycles. The first kappa shape index (κ1) is 30.5. The predicted molar refractivity (Wildman–Crippen MR) is 136 cm³/mol. The third-order valence-corrected chi connectivity index (χ3v) is 7.92. The number of nitrogen functional groups attached to an aromatic ring is 2. The van der Waals surface area contributed by atoms with Gasteiger partial charge >= 0.3 is 21.3 Å². The summed E-state index contributed by atoms with van der Waals surface area (Å²) < 4.78 is 52.3. The Morgan fingerprint density at radius 2 is 1.74 bits per heavy atom. The van der Waals surface area contributed by atoms with E-state index in [4.69, 9.17) is 39.8 Å². The van der Waals surface area contributed by atoms with Crippen molar-refractivity contribution in [3.8, 4) is 0 Å². The lowest BCUT2D eigenvalue weighted by molar-refractivity contribution is -0.0588. The van der Waals surface area contributed by atoms with Crippen molar-refractivity contribution in [3.63, 3.8) is 0 Å². The number of ether oxygens (including phenoxy) is 2. The number of fused-ring (bicyclic) bond motifs is 1. The maximum absolute atomic E-state index is 12.9. The van der Waals surface area contributed by atoms with Crippen LogP contribution in [0.3, 0.4) is 0 Å². The number of rotatable bonds is 10. The molecular formula is C19H26N8O13P2. The average molecular weight is 636 g/mol. The highest BCUT2D eigenvalue weighted by Gasteiger charge is 2.47. The number of anilines is 2. The molecule has 21 nitrogen and oxygen atoms in total. The van der Waals surface area contributed by atoms with Crippen LogP contribution in [-0.4, -0.2) is 97.7 Å². The van der Waals surface area contributed by atoms with Gasteiger partial charge in [-0.2, -0.15) is 4.98 Å². The Kier molecular flexibility index (Phi) is 8.47. The first-order valence-corrected chi connectivity index (χ1v) is 15.1. The summed E-state index contributed by atoms with van der Waals surface area (Å²) in [5.74, 6) is 0.00388. The lowest BCUT2D eigenvalue weighted by Gasteiger charge is -2.22. The SMILES string of the molecule is Nc1ccn(C2CC(OP(=O)(O)OCC3OC(n4cnc5c(N)ncnc54)C(O)C3O)C(COP(=O)(O)O)O2)c(=O)n1. The molecular weight excluding hydrogens is 610 g/mol. The number of aromatic nitrogens is 6. The van der Waals surface area contributed by atoms with Crippen molar-refractivity contribution in [2.75, 3.05) is 24.7 Å². The van der Waals surface area contributed by atoms with Crippen LogP contribution in [0.25, 0.3) is 11.2 Å². The fourth-order valence-electron chi connectivity index (χ4n) is 4.47. The molecule has 2 aliphatic rings.